The Morgan fingerprint density at radius 2 is 1.82 bits per heavy atom. The predicted molar refractivity (Wildman–Crippen MR) is 121 cm³/mol. The number of carbonyl (C=O) groups excluding carboxylic acids is 1. The molecule has 0 aliphatic carbocycles. The molecule has 0 bridgehead atoms. The minimum Gasteiger partial charge on any atom is -0.358 e. The minimum absolute atomic E-state index is 0.0110. The molecule has 6 nitrogen and oxygen atoms in total. The second kappa shape index (κ2) is 9.17. The molecule has 0 unspecified atom stereocenters. The van der Waals surface area contributed by atoms with Crippen molar-refractivity contribution in [2.75, 3.05) is 20.6 Å². The first kappa shape index (κ1) is 25.4. The van der Waals surface area contributed by atoms with E-state index in [2.05, 4.69) is 10.3 Å². The van der Waals surface area contributed by atoms with E-state index in [-0.39, 0.29) is 39.0 Å². The van der Waals surface area contributed by atoms with Gasteiger partial charge < -0.3 is 10.3 Å². The summed E-state index contributed by atoms with van der Waals surface area (Å²) < 4.78 is 65.7. The third-order valence-electron chi connectivity index (χ3n) is 5.15. The molecular formula is C21H20Cl2F3N3O3S. The number of aromatic nitrogens is 1. The molecule has 0 saturated heterocycles. The highest BCUT2D eigenvalue weighted by Crippen LogP contribution is 2.36. The number of para-hydroxylation sites is 1. The minimum atomic E-state index is -4.50. The van der Waals surface area contributed by atoms with Gasteiger partial charge in [-0.25, -0.2) is 12.7 Å². The molecule has 2 aromatic carbocycles. The van der Waals surface area contributed by atoms with Gasteiger partial charge in [0.25, 0.3) is 5.91 Å². The molecule has 3 aromatic rings. The third kappa shape index (κ3) is 4.98. The molecule has 1 aromatic heterocycles. The van der Waals surface area contributed by atoms with Crippen LogP contribution in [0.15, 0.2) is 35.2 Å². The van der Waals surface area contributed by atoms with Gasteiger partial charge in [-0.3, -0.25) is 4.79 Å². The topological polar surface area (TPSA) is 82.3 Å². The van der Waals surface area contributed by atoms with E-state index >= 15 is 0 Å². The summed E-state index contributed by atoms with van der Waals surface area (Å²) in [5, 5.41) is 2.89. The molecule has 0 atom stereocenters. The van der Waals surface area contributed by atoms with E-state index in [1.165, 1.54) is 26.2 Å². The Balaban J connectivity index is 1.83. The molecule has 2 N–H and O–H groups in total. The van der Waals surface area contributed by atoms with Crippen molar-refractivity contribution >= 4 is 50.0 Å². The van der Waals surface area contributed by atoms with Crippen molar-refractivity contribution in [3.63, 3.8) is 0 Å². The number of H-pyrrole nitrogens is 1. The fourth-order valence-corrected chi connectivity index (χ4v) is 5.18. The number of halogens is 5. The lowest BCUT2D eigenvalue weighted by Crippen LogP contribution is -2.27. The Bertz CT molecular complexity index is 1340. The first-order chi connectivity index (χ1) is 15.2. The molecule has 12 heteroatoms. The third-order valence-corrected chi connectivity index (χ3v) is 7.74. The average molecular weight is 522 g/mol. The van der Waals surface area contributed by atoms with Crippen LogP contribution in [0.1, 0.15) is 27.2 Å². The monoisotopic (exact) mass is 521 g/mol. The molecule has 0 aliphatic rings. The number of nitrogens with one attached hydrogen (secondary N) is 2. The quantitative estimate of drug-likeness (QED) is 0.477. The maximum absolute atomic E-state index is 13.3. The molecule has 33 heavy (non-hydrogen) atoms. The van der Waals surface area contributed by atoms with Crippen LogP contribution in [0.5, 0.6) is 0 Å². The number of benzene rings is 2. The molecule has 1 amide bonds. The molecular weight excluding hydrogens is 502 g/mol. The first-order valence-corrected chi connectivity index (χ1v) is 11.8. The number of nitrogens with zero attached hydrogens (tertiary/aromatic N) is 1. The zero-order chi connectivity index (χ0) is 24.7. The lowest BCUT2D eigenvalue weighted by molar-refractivity contribution is -0.136. The molecule has 0 aliphatic heterocycles. The SMILES string of the molecule is Cc1[nH]c2c(C(F)(F)F)cccc2c1CCNC(=O)c1cc(S(=O)(=O)N(C)C)c(Cl)cc1Cl. The van der Waals surface area contributed by atoms with E-state index in [9.17, 15) is 26.4 Å². The molecule has 178 valence electrons. The fraction of sp³-hybridized carbons (Fsp3) is 0.286. The van der Waals surface area contributed by atoms with Crippen molar-refractivity contribution < 1.29 is 26.4 Å². The van der Waals surface area contributed by atoms with Gasteiger partial charge in [-0.15, -0.1) is 0 Å². The van der Waals surface area contributed by atoms with Gasteiger partial charge in [0.05, 0.1) is 26.7 Å². The summed E-state index contributed by atoms with van der Waals surface area (Å²) in [6.07, 6.45) is -4.26. The summed E-state index contributed by atoms with van der Waals surface area (Å²) in [7, 11) is -1.26. The number of aryl methyl sites for hydroxylation is 1. The van der Waals surface area contributed by atoms with E-state index < -0.39 is 27.7 Å². The van der Waals surface area contributed by atoms with Crippen molar-refractivity contribution in [3.05, 3.63) is 62.8 Å². The number of alkyl halides is 3. The van der Waals surface area contributed by atoms with Crippen LogP contribution in [-0.4, -0.2) is 44.3 Å². The first-order valence-electron chi connectivity index (χ1n) is 9.62. The fourth-order valence-electron chi connectivity index (χ4n) is 3.46. The largest absolute Gasteiger partial charge is 0.418 e. The van der Waals surface area contributed by atoms with Crippen LogP contribution < -0.4 is 5.32 Å². The maximum atomic E-state index is 13.3. The van der Waals surface area contributed by atoms with E-state index in [0.29, 0.717) is 16.6 Å². The predicted octanol–water partition coefficient (Wildman–Crippen LogP) is 5.02. The lowest BCUT2D eigenvalue weighted by Gasteiger charge is -2.15. The number of carbonyl (C=O) groups is 1. The second-order valence-electron chi connectivity index (χ2n) is 7.51. The van der Waals surface area contributed by atoms with Crippen molar-refractivity contribution in [1.29, 1.82) is 0 Å². The lowest BCUT2D eigenvalue weighted by atomic mass is 10.0. The molecule has 0 radical (unpaired) electrons. The molecule has 0 spiro atoms. The van der Waals surface area contributed by atoms with Gasteiger partial charge in [0.1, 0.15) is 4.90 Å². The van der Waals surface area contributed by atoms with Gasteiger partial charge in [0, 0.05) is 31.7 Å². The smallest absolute Gasteiger partial charge is 0.358 e. The number of hydrogen-bond acceptors (Lipinski definition) is 3. The van der Waals surface area contributed by atoms with E-state index in [0.717, 1.165) is 16.4 Å². The highest BCUT2D eigenvalue weighted by molar-refractivity contribution is 7.89. The van der Waals surface area contributed by atoms with E-state index in [1.54, 1.807) is 13.0 Å². The van der Waals surface area contributed by atoms with Crippen LogP contribution in [0.25, 0.3) is 10.9 Å². The van der Waals surface area contributed by atoms with Crippen molar-refractivity contribution in [3.8, 4) is 0 Å². The van der Waals surface area contributed by atoms with Gasteiger partial charge in [-0.05, 0) is 37.1 Å². The molecule has 1 heterocycles. The summed E-state index contributed by atoms with van der Waals surface area (Å²) in [5.74, 6) is -0.639. The van der Waals surface area contributed by atoms with Crippen molar-refractivity contribution in [2.45, 2.75) is 24.4 Å². The molecule has 3 rings (SSSR count). The average Bonchev–Trinajstić information content (AvgIpc) is 3.02. The zero-order valence-electron chi connectivity index (χ0n) is 17.8. The molecule has 0 saturated carbocycles. The Morgan fingerprint density at radius 1 is 1.15 bits per heavy atom. The number of fused-ring (bicyclic) bond motifs is 1. The van der Waals surface area contributed by atoms with Crippen LogP contribution in [0.4, 0.5) is 13.2 Å². The Labute approximate surface area is 198 Å². The summed E-state index contributed by atoms with van der Waals surface area (Å²) >= 11 is 12.1. The summed E-state index contributed by atoms with van der Waals surface area (Å²) in [6, 6.07) is 6.20. The number of sulfonamides is 1. The summed E-state index contributed by atoms with van der Waals surface area (Å²) in [6.45, 7) is 1.74. The van der Waals surface area contributed by atoms with Crippen LogP contribution in [0.2, 0.25) is 10.0 Å². The van der Waals surface area contributed by atoms with Gasteiger partial charge in [-0.1, -0.05) is 35.3 Å². The number of hydrogen-bond donors (Lipinski definition) is 2. The molecule has 0 fully saturated rings. The van der Waals surface area contributed by atoms with Crippen LogP contribution in [0.3, 0.4) is 0 Å². The van der Waals surface area contributed by atoms with Gasteiger partial charge in [0.15, 0.2) is 0 Å². The normalized spacial score (nSPS) is 12.5. The van der Waals surface area contributed by atoms with E-state index in [4.69, 9.17) is 23.2 Å². The summed E-state index contributed by atoms with van der Waals surface area (Å²) in [5.41, 5.74) is 0.329. The standard InChI is InChI=1S/C21H20Cl2F3N3O3S/c1-11-12(13-5-4-6-15(19(13)28-11)21(24,25)26)7-8-27-20(30)14-9-18(17(23)10-16(14)22)33(31,32)29(2)3/h4-6,9-10,28H,7-8H2,1-3H3,(H,27,30). The Morgan fingerprint density at radius 3 is 2.42 bits per heavy atom. The zero-order valence-corrected chi connectivity index (χ0v) is 20.1. The highest BCUT2D eigenvalue weighted by Gasteiger charge is 2.33. The van der Waals surface area contributed by atoms with Crippen molar-refractivity contribution in [2.24, 2.45) is 0 Å². The highest BCUT2D eigenvalue weighted by atomic mass is 35.5. The number of amides is 1. The maximum Gasteiger partial charge on any atom is 0.418 e. The van der Waals surface area contributed by atoms with Gasteiger partial charge >= 0.3 is 6.18 Å². The number of aromatic amines is 1. The van der Waals surface area contributed by atoms with Crippen LogP contribution in [0, 0.1) is 6.92 Å². The van der Waals surface area contributed by atoms with E-state index in [1.807, 2.05) is 0 Å². The second-order valence-corrected chi connectivity index (χ2v) is 10.4. The Hall–Kier alpha value is -2.27. The van der Waals surface area contributed by atoms with Crippen LogP contribution >= 0.6 is 23.2 Å². The van der Waals surface area contributed by atoms with Gasteiger partial charge in [0.2, 0.25) is 10.0 Å². The number of rotatable bonds is 6. The Kier molecular flexibility index (Phi) is 7.05. The summed E-state index contributed by atoms with van der Waals surface area (Å²) in [4.78, 5) is 15.2. The van der Waals surface area contributed by atoms with Crippen molar-refractivity contribution in [1.82, 2.24) is 14.6 Å². The van der Waals surface area contributed by atoms with Crippen LogP contribution in [-0.2, 0) is 22.6 Å². The van der Waals surface area contributed by atoms with Gasteiger partial charge in [-0.2, -0.15) is 13.2 Å².